The van der Waals surface area contributed by atoms with Gasteiger partial charge >= 0.3 is 0 Å². The Bertz CT molecular complexity index is 528. The minimum absolute atomic E-state index is 0.0415. The Morgan fingerprint density at radius 2 is 2.31 bits per heavy atom. The summed E-state index contributed by atoms with van der Waals surface area (Å²) in [5.41, 5.74) is 0.855. The van der Waals surface area contributed by atoms with E-state index in [4.69, 9.17) is 0 Å². The van der Waals surface area contributed by atoms with E-state index in [0.29, 0.717) is 0 Å². The Hall–Kier alpha value is -0.940. The van der Waals surface area contributed by atoms with Crippen molar-refractivity contribution in [3.63, 3.8) is 0 Å². The Morgan fingerprint density at radius 1 is 1.44 bits per heavy atom. The summed E-state index contributed by atoms with van der Waals surface area (Å²) in [7, 11) is 0. The lowest BCUT2D eigenvalue weighted by Crippen LogP contribution is -2.35. The van der Waals surface area contributed by atoms with E-state index in [1.807, 2.05) is 18.3 Å². The van der Waals surface area contributed by atoms with Crippen LogP contribution in [0.4, 0.5) is 0 Å². The maximum absolute atomic E-state index is 4.32. The van der Waals surface area contributed by atoms with Crippen molar-refractivity contribution in [2.45, 2.75) is 25.3 Å². The van der Waals surface area contributed by atoms with E-state index < -0.39 is 0 Å². The Labute approximate surface area is 102 Å². The lowest BCUT2D eigenvalue weighted by atomic mass is 9.99. The molecule has 1 unspecified atom stereocenters. The van der Waals surface area contributed by atoms with Crippen LogP contribution in [0.15, 0.2) is 22.8 Å². The van der Waals surface area contributed by atoms with Crippen LogP contribution in [0, 0.1) is 0 Å². The summed E-state index contributed by atoms with van der Waals surface area (Å²) in [6, 6.07) is 3.96. The number of hydrogen-bond donors (Lipinski definition) is 1. The average molecular weight is 281 g/mol. The summed E-state index contributed by atoms with van der Waals surface area (Å²) in [6.07, 6.45) is 4.33. The van der Waals surface area contributed by atoms with Gasteiger partial charge in [0.1, 0.15) is 0 Å². The number of hydrogen-bond acceptors (Lipinski definition) is 3. The summed E-state index contributed by atoms with van der Waals surface area (Å²) in [6.45, 7) is 3.25. The van der Waals surface area contributed by atoms with Crippen LogP contribution in [0.5, 0.6) is 0 Å². The van der Waals surface area contributed by atoms with Gasteiger partial charge in [-0.15, -0.1) is 10.2 Å². The van der Waals surface area contributed by atoms with Crippen molar-refractivity contribution < 1.29 is 0 Å². The fourth-order valence-electron chi connectivity index (χ4n) is 2.33. The summed E-state index contributed by atoms with van der Waals surface area (Å²) in [4.78, 5) is 0. The van der Waals surface area contributed by atoms with Gasteiger partial charge in [-0.25, -0.2) is 0 Å². The van der Waals surface area contributed by atoms with Crippen molar-refractivity contribution in [2.24, 2.45) is 0 Å². The molecule has 1 atom stereocenters. The van der Waals surface area contributed by atoms with Crippen molar-refractivity contribution in [1.29, 1.82) is 0 Å². The molecule has 16 heavy (non-hydrogen) atoms. The number of aromatic nitrogens is 3. The zero-order chi connectivity index (χ0) is 11.2. The third kappa shape index (κ3) is 1.46. The molecule has 0 spiro atoms. The van der Waals surface area contributed by atoms with E-state index in [9.17, 15) is 0 Å². The summed E-state index contributed by atoms with van der Waals surface area (Å²) in [5, 5.41) is 12.0. The van der Waals surface area contributed by atoms with Crippen molar-refractivity contribution in [2.75, 3.05) is 6.54 Å². The first kappa shape index (κ1) is 10.2. The molecule has 1 N–H and O–H groups in total. The van der Waals surface area contributed by atoms with Crippen LogP contribution in [0.2, 0.25) is 0 Å². The van der Waals surface area contributed by atoms with E-state index in [1.54, 1.807) is 0 Å². The van der Waals surface area contributed by atoms with Crippen LogP contribution in [-0.4, -0.2) is 21.1 Å². The number of halogens is 1. The Kier molecular flexibility index (Phi) is 2.26. The van der Waals surface area contributed by atoms with Crippen LogP contribution >= 0.6 is 15.9 Å². The van der Waals surface area contributed by atoms with Crippen molar-refractivity contribution in [3.05, 3.63) is 28.6 Å². The van der Waals surface area contributed by atoms with E-state index in [0.717, 1.165) is 28.9 Å². The molecule has 1 fully saturated rings. The third-order valence-electron chi connectivity index (χ3n) is 3.23. The Balaban J connectivity index is 2.19. The molecule has 0 aromatic carbocycles. The van der Waals surface area contributed by atoms with Crippen molar-refractivity contribution in [1.82, 2.24) is 19.9 Å². The largest absolute Gasteiger partial charge is 0.305 e. The average Bonchev–Trinajstić information content (AvgIpc) is 2.84. The van der Waals surface area contributed by atoms with Gasteiger partial charge in [0.15, 0.2) is 11.5 Å². The molecule has 1 aliphatic heterocycles. The highest BCUT2D eigenvalue weighted by Gasteiger charge is 2.34. The fraction of sp³-hybridized carbons (Fsp3) is 0.455. The molecule has 5 heteroatoms. The zero-order valence-electron chi connectivity index (χ0n) is 9.07. The first-order valence-corrected chi connectivity index (χ1v) is 6.24. The van der Waals surface area contributed by atoms with Gasteiger partial charge in [0.25, 0.3) is 0 Å². The maximum atomic E-state index is 4.32. The van der Waals surface area contributed by atoms with Crippen molar-refractivity contribution in [3.8, 4) is 0 Å². The van der Waals surface area contributed by atoms with Gasteiger partial charge in [0, 0.05) is 10.7 Å². The van der Waals surface area contributed by atoms with Crippen LogP contribution in [-0.2, 0) is 5.54 Å². The SMILES string of the molecule is CC1(c2nnc3ccc(Br)cn23)CCCN1. The van der Waals surface area contributed by atoms with Crippen LogP contribution in [0.25, 0.3) is 5.65 Å². The molecule has 3 heterocycles. The smallest absolute Gasteiger partial charge is 0.160 e. The van der Waals surface area contributed by atoms with Gasteiger partial charge in [-0.3, -0.25) is 4.40 Å². The number of nitrogens with one attached hydrogen (secondary N) is 1. The van der Waals surface area contributed by atoms with Gasteiger partial charge < -0.3 is 5.32 Å². The summed E-state index contributed by atoms with van der Waals surface area (Å²) < 4.78 is 3.10. The van der Waals surface area contributed by atoms with Gasteiger partial charge in [-0.05, 0) is 54.4 Å². The molecule has 1 aliphatic rings. The highest BCUT2D eigenvalue weighted by molar-refractivity contribution is 9.10. The molecule has 0 saturated carbocycles. The lowest BCUT2D eigenvalue weighted by Gasteiger charge is -2.21. The molecule has 0 bridgehead atoms. The molecule has 0 amide bonds. The summed E-state index contributed by atoms with van der Waals surface area (Å²) >= 11 is 3.48. The second-order valence-electron chi connectivity index (χ2n) is 4.46. The normalized spacial score (nSPS) is 25.4. The number of rotatable bonds is 1. The van der Waals surface area contributed by atoms with Crippen LogP contribution in [0.1, 0.15) is 25.6 Å². The van der Waals surface area contributed by atoms with Crippen molar-refractivity contribution >= 4 is 21.6 Å². The van der Waals surface area contributed by atoms with E-state index in [1.165, 1.54) is 6.42 Å². The standard InChI is InChI=1S/C11H13BrN4/c1-11(5-2-6-13-11)10-15-14-9-4-3-8(12)7-16(9)10/h3-4,7,13H,2,5-6H2,1H3. The second-order valence-corrected chi connectivity index (χ2v) is 5.38. The number of nitrogens with zero attached hydrogens (tertiary/aromatic N) is 3. The molecule has 4 nitrogen and oxygen atoms in total. The number of fused-ring (bicyclic) bond motifs is 1. The van der Waals surface area contributed by atoms with E-state index in [2.05, 4.69) is 42.8 Å². The molecular formula is C11H13BrN4. The molecule has 0 aliphatic carbocycles. The third-order valence-corrected chi connectivity index (χ3v) is 3.70. The first-order chi connectivity index (χ1) is 7.69. The molecule has 1 saturated heterocycles. The molecule has 2 aromatic heterocycles. The molecular weight excluding hydrogens is 268 g/mol. The zero-order valence-corrected chi connectivity index (χ0v) is 10.7. The predicted molar refractivity (Wildman–Crippen MR) is 65.3 cm³/mol. The second kappa shape index (κ2) is 3.53. The molecule has 84 valence electrons. The monoisotopic (exact) mass is 280 g/mol. The van der Waals surface area contributed by atoms with Crippen LogP contribution < -0.4 is 5.32 Å². The fourth-order valence-corrected chi connectivity index (χ4v) is 2.66. The minimum atomic E-state index is -0.0415. The topological polar surface area (TPSA) is 42.2 Å². The molecule has 0 radical (unpaired) electrons. The first-order valence-electron chi connectivity index (χ1n) is 5.45. The highest BCUT2D eigenvalue weighted by atomic mass is 79.9. The summed E-state index contributed by atoms with van der Waals surface area (Å²) in [5.74, 6) is 1.00. The van der Waals surface area contributed by atoms with E-state index in [-0.39, 0.29) is 5.54 Å². The van der Waals surface area contributed by atoms with Gasteiger partial charge in [-0.2, -0.15) is 0 Å². The quantitative estimate of drug-likeness (QED) is 0.870. The molecule has 3 rings (SSSR count). The molecule has 2 aromatic rings. The highest BCUT2D eigenvalue weighted by Crippen LogP contribution is 2.29. The maximum Gasteiger partial charge on any atom is 0.160 e. The van der Waals surface area contributed by atoms with Gasteiger partial charge in [-0.1, -0.05) is 0 Å². The minimum Gasteiger partial charge on any atom is -0.305 e. The van der Waals surface area contributed by atoms with Crippen LogP contribution in [0.3, 0.4) is 0 Å². The van der Waals surface area contributed by atoms with E-state index >= 15 is 0 Å². The van der Waals surface area contributed by atoms with Gasteiger partial charge in [0.2, 0.25) is 0 Å². The number of pyridine rings is 1. The lowest BCUT2D eigenvalue weighted by molar-refractivity contribution is 0.403. The Morgan fingerprint density at radius 3 is 3.06 bits per heavy atom. The predicted octanol–water partition coefficient (Wildman–Crippen LogP) is 2.09. The van der Waals surface area contributed by atoms with Gasteiger partial charge in [0.05, 0.1) is 5.54 Å².